The van der Waals surface area contributed by atoms with Crippen molar-refractivity contribution in [2.24, 2.45) is 0 Å². The Kier molecular flexibility index (Phi) is 5.92. The molecule has 0 bridgehead atoms. The third kappa shape index (κ3) is 4.78. The molecular formula is C21H22N4O4. The molecule has 0 aliphatic heterocycles. The first-order valence-corrected chi connectivity index (χ1v) is 9.09. The number of nitrogens with one attached hydrogen (secondary N) is 1. The minimum atomic E-state index is -0.669. The highest BCUT2D eigenvalue weighted by atomic mass is 16.5. The highest BCUT2D eigenvalue weighted by Gasteiger charge is 2.16. The number of hydrogen-bond donors (Lipinski definition) is 1. The normalized spacial score (nSPS) is 10.6. The van der Waals surface area contributed by atoms with E-state index in [-0.39, 0.29) is 12.1 Å². The van der Waals surface area contributed by atoms with Crippen molar-refractivity contribution in [3.8, 4) is 5.69 Å². The summed E-state index contributed by atoms with van der Waals surface area (Å²) >= 11 is 0. The molecule has 1 aromatic carbocycles. The lowest BCUT2D eigenvalue weighted by Gasteiger charge is -2.09. The van der Waals surface area contributed by atoms with Crippen molar-refractivity contribution in [1.82, 2.24) is 14.3 Å². The summed E-state index contributed by atoms with van der Waals surface area (Å²) in [5.74, 6) is -1.15. The number of carbonyl (C=O) groups excluding carboxylic acids is 2. The number of carbonyl (C=O) groups is 2. The minimum Gasteiger partial charge on any atom is -0.454 e. The summed E-state index contributed by atoms with van der Waals surface area (Å²) in [6.07, 6.45) is 1.48. The van der Waals surface area contributed by atoms with E-state index in [0.29, 0.717) is 11.4 Å². The third-order valence-corrected chi connectivity index (χ3v) is 4.40. The van der Waals surface area contributed by atoms with E-state index in [9.17, 15) is 14.4 Å². The van der Waals surface area contributed by atoms with Gasteiger partial charge in [-0.05, 0) is 39.0 Å². The summed E-state index contributed by atoms with van der Waals surface area (Å²) in [5.41, 5.74) is 3.70. The molecule has 3 rings (SSSR count). The molecule has 0 saturated carbocycles. The monoisotopic (exact) mass is 394 g/mol. The van der Waals surface area contributed by atoms with Crippen LogP contribution in [0.3, 0.4) is 0 Å². The van der Waals surface area contributed by atoms with Crippen molar-refractivity contribution < 1.29 is 14.3 Å². The van der Waals surface area contributed by atoms with Crippen LogP contribution < -0.4 is 10.9 Å². The Morgan fingerprint density at radius 2 is 1.79 bits per heavy atom. The number of benzene rings is 1. The zero-order valence-corrected chi connectivity index (χ0v) is 16.5. The molecule has 29 heavy (non-hydrogen) atoms. The Balaban J connectivity index is 1.62. The van der Waals surface area contributed by atoms with Gasteiger partial charge in [-0.3, -0.25) is 14.4 Å². The second-order valence-electron chi connectivity index (χ2n) is 6.67. The molecule has 0 saturated heterocycles. The van der Waals surface area contributed by atoms with Crippen LogP contribution in [-0.4, -0.2) is 32.8 Å². The first-order valence-electron chi connectivity index (χ1n) is 9.09. The van der Waals surface area contributed by atoms with Gasteiger partial charge in [0.15, 0.2) is 6.61 Å². The molecule has 0 aliphatic carbocycles. The molecule has 8 nitrogen and oxygen atoms in total. The maximum Gasteiger partial charge on any atom is 0.326 e. The van der Waals surface area contributed by atoms with E-state index in [2.05, 4.69) is 10.4 Å². The Hall–Kier alpha value is -3.68. The average molecular weight is 394 g/mol. The molecule has 0 unspecified atom stereocenters. The second kappa shape index (κ2) is 8.55. The molecule has 0 aliphatic rings. The molecular weight excluding hydrogens is 372 g/mol. The van der Waals surface area contributed by atoms with Crippen molar-refractivity contribution >= 4 is 17.6 Å². The van der Waals surface area contributed by atoms with Gasteiger partial charge in [0, 0.05) is 12.3 Å². The van der Waals surface area contributed by atoms with Crippen LogP contribution in [0.25, 0.3) is 5.69 Å². The van der Waals surface area contributed by atoms with E-state index in [0.717, 1.165) is 16.9 Å². The van der Waals surface area contributed by atoms with Gasteiger partial charge in [0.2, 0.25) is 0 Å². The maximum absolute atomic E-state index is 12.2. The van der Waals surface area contributed by atoms with Crippen molar-refractivity contribution in [3.05, 3.63) is 76.0 Å². The summed E-state index contributed by atoms with van der Waals surface area (Å²) in [6.45, 7) is 4.95. The van der Waals surface area contributed by atoms with Crippen molar-refractivity contribution in [2.75, 3.05) is 11.9 Å². The molecule has 0 spiro atoms. The number of aryl methyl sites for hydroxylation is 2. The van der Waals surface area contributed by atoms with Crippen LogP contribution in [0.5, 0.6) is 0 Å². The lowest BCUT2D eigenvalue weighted by molar-refractivity contribution is -0.147. The van der Waals surface area contributed by atoms with E-state index < -0.39 is 18.5 Å². The first kappa shape index (κ1) is 20.1. The number of anilines is 1. The van der Waals surface area contributed by atoms with Gasteiger partial charge in [-0.25, -0.2) is 4.68 Å². The second-order valence-corrected chi connectivity index (χ2v) is 6.67. The van der Waals surface area contributed by atoms with Crippen LogP contribution in [0.2, 0.25) is 0 Å². The molecule has 150 valence electrons. The molecule has 2 heterocycles. The van der Waals surface area contributed by atoms with Crippen molar-refractivity contribution in [2.45, 2.75) is 27.3 Å². The lowest BCUT2D eigenvalue weighted by atomic mass is 10.2. The molecule has 0 atom stereocenters. The number of rotatable bonds is 6. The third-order valence-electron chi connectivity index (χ3n) is 4.40. The summed E-state index contributed by atoms with van der Waals surface area (Å²) in [4.78, 5) is 35.7. The van der Waals surface area contributed by atoms with Crippen molar-refractivity contribution in [3.63, 3.8) is 0 Å². The molecule has 1 N–H and O–H groups in total. The average Bonchev–Trinajstić information content (AvgIpc) is 2.97. The quantitative estimate of drug-likeness (QED) is 0.647. The largest absolute Gasteiger partial charge is 0.454 e. The Bertz CT molecular complexity index is 1100. The van der Waals surface area contributed by atoms with Gasteiger partial charge >= 0.3 is 5.97 Å². The molecule has 8 heteroatoms. The zero-order valence-electron chi connectivity index (χ0n) is 16.5. The predicted molar refractivity (Wildman–Crippen MR) is 108 cm³/mol. The Morgan fingerprint density at radius 3 is 2.48 bits per heavy atom. The van der Waals surface area contributed by atoms with E-state index in [4.69, 9.17) is 4.74 Å². The highest BCUT2D eigenvalue weighted by Crippen LogP contribution is 2.23. The van der Waals surface area contributed by atoms with Crippen LogP contribution in [0, 0.1) is 20.8 Å². The van der Waals surface area contributed by atoms with Gasteiger partial charge in [0.05, 0.1) is 22.8 Å². The first-order chi connectivity index (χ1) is 13.8. The molecule has 3 aromatic rings. The molecule has 0 fully saturated rings. The van der Waals surface area contributed by atoms with Crippen LogP contribution in [0.1, 0.15) is 17.0 Å². The van der Waals surface area contributed by atoms with Crippen molar-refractivity contribution in [1.29, 1.82) is 0 Å². The number of amides is 1. The summed E-state index contributed by atoms with van der Waals surface area (Å²) in [6, 6.07) is 12.4. The molecule has 1 amide bonds. The topological polar surface area (TPSA) is 95.2 Å². The zero-order chi connectivity index (χ0) is 21.0. The van der Waals surface area contributed by atoms with Crippen LogP contribution in [0.4, 0.5) is 5.69 Å². The van der Waals surface area contributed by atoms with Gasteiger partial charge < -0.3 is 14.6 Å². The summed E-state index contributed by atoms with van der Waals surface area (Å²) < 4.78 is 7.94. The van der Waals surface area contributed by atoms with Crippen LogP contribution in [0.15, 0.2) is 53.5 Å². The number of ether oxygens (including phenoxy) is 1. The van der Waals surface area contributed by atoms with Gasteiger partial charge in [-0.15, -0.1) is 0 Å². The van der Waals surface area contributed by atoms with E-state index >= 15 is 0 Å². The Morgan fingerprint density at radius 1 is 1.07 bits per heavy atom. The number of pyridine rings is 1. The maximum atomic E-state index is 12.2. The summed E-state index contributed by atoms with van der Waals surface area (Å²) in [7, 11) is 0. The molecule has 0 radical (unpaired) electrons. The fourth-order valence-electron chi connectivity index (χ4n) is 2.86. The minimum absolute atomic E-state index is 0.254. The highest BCUT2D eigenvalue weighted by molar-refractivity contribution is 5.93. The summed E-state index contributed by atoms with van der Waals surface area (Å²) in [5, 5.41) is 7.22. The standard InChI is InChI=1S/C21H22N4O4/c1-14-7-9-17(10-8-14)25-16(3)21(15(2)23-25)22-18(26)13-29-20(28)12-24-11-5-4-6-19(24)27/h4-11H,12-13H2,1-3H3,(H,22,26). The number of nitrogens with zero attached hydrogens (tertiary/aromatic N) is 3. The van der Waals surface area contributed by atoms with Crippen LogP contribution in [-0.2, 0) is 20.9 Å². The van der Waals surface area contributed by atoms with Gasteiger partial charge in [-0.2, -0.15) is 5.10 Å². The van der Waals surface area contributed by atoms with E-state index in [1.54, 1.807) is 23.7 Å². The SMILES string of the molecule is Cc1ccc(-n2nc(C)c(NC(=O)COC(=O)Cn3ccccc3=O)c2C)cc1. The number of hydrogen-bond acceptors (Lipinski definition) is 5. The molecule has 2 aromatic heterocycles. The van der Waals surface area contributed by atoms with Gasteiger partial charge in [0.25, 0.3) is 11.5 Å². The fourth-order valence-corrected chi connectivity index (χ4v) is 2.86. The van der Waals surface area contributed by atoms with Gasteiger partial charge in [-0.1, -0.05) is 23.8 Å². The van der Waals surface area contributed by atoms with E-state index in [1.165, 1.54) is 16.8 Å². The number of aromatic nitrogens is 3. The fraction of sp³-hybridized carbons (Fsp3) is 0.238. The number of esters is 1. The smallest absolute Gasteiger partial charge is 0.326 e. The van der Waals surface area contributed by atoms with E-state index in [1.807, 2.05) is 38.1 Å². The predicted octanol–water partition coefficient (Wildman–Crippen LogP) is 2.14. The Labute approximate surface area is 167 Å². The lowest BCUT2D eigenvalue weighted by Crippen LogP contribution is -2.27. The van der Waals surface area contributed by atoms with Crippen LogP contribution >= 0.6 is 0 Å². The van der Waals surface area contributed by atoms with Gasteiger partial charge in [0.1, 0.15) is 6.54 Å².